The summed E-state index contributed by atoms with van der Waals surface area (Å²) in [5.41, 5.74) is 0.618. The van der Waals surface area contributed by atoms with Gasteiger partial charge in [-0.25, -0.2) is 4.39 Å². The number of halogens is 1. The molecule has 2 aliphatic heterocycles. The number of likely N-dealkylation sites (tertiary alicyclic amines) is 2. The van der Waals surface area contributed by atoms with E-state index in [2.05, 4.69) is 9.80 Å². The lowest BCUT2D eigenvalue weighted by Crippen LogP contribution is -2.51. The lowest BCUT2D eigenvalue weighted by molar-refractivity contribution is -0.140. The number of benzene rings is 1. The first-order valence-electron chi connectivity index (χ1n) is 8.98. The average molecular weight is 316 g/mol. The van der Waals surface area contributed by atoms with Gasteiger partial charge in [-0.3, -0.25) is 9.69 Å². The second kappa shape index (κ2) is 5.90. The first kappa shape index (κ1) is 15.1. The molecule has 3 aliphatic rings. The van der Waals surface area contributed by atoms with Crippen molar-refractivity contribution < 1.29 is 9.18 Å². The molecule has 124 valence electrons. The van der Waals surface area contributed by atoms with Gasteiger partial charge in [-0.05, 0) is 62.9 Å². The van der Waals surface area contributed by atoms with E-state index in [0.29, 0.717) is 6.04 Å². The minimum Gasteiger partial charge on any atom is -0.340 e. The van der Waals surface area contributed by atoms with E-state index >= 15 is 0 Å². The molecule has 0 N–H and O–H groups in total. The van der Waals surface area contributed by atoms with Gasteiger partial charge in [0.25, 0.3) is 0 Å². The summed E-state index contributed by atoms with van der Waals surface area (Å²) in [6.07, 6.45) is 6.59. The van der Waals surface area contributed by atoms with Crippen LogP contribution < -0.4 is 0 Å². The molecule has 0 bridgehead atoms. The molecule has 4 rings (SSSR count). The highest BCUT2D eigenvalue weighted by Gasteiger charge is 2.49. The summed E-state index contributed by atoms with van der Waals surface area (Å²) in [4.78, 5) is 17.8. The van der Waals surface area contributed by atoms with Crippen molar-refractivity contribution in [2.45, 2.75) is 50.0 Å². The Morgan fingerprint density at radius 2 is 1.74 bits per heavy atom. The molecule has 0 aromatic heterocycles. The van der Waals surface area contributed by atoms with Crippen LogP contribution in [0.1, 0.15) is 44.1 Å². The predicted molar refractivity (Wildman–Crippen MR) is 87.7 cm³/mol. The van der Waals surface area contributed by atoms with Crippen LogP contribution in [0.2, 0.25) is 0 Å². The molecule has 2 saturated heterocycles. The Hall–Kier alpha value is -1.42. The minimum atomic E-state index is -0.381. The Balaban J connectivity index is 1.50. The fourth-order valence-corrected chi connectivity index (χ4v) is 4.56. The van der Waals surface area contributed by atoms with Gasteiger partial charge in [0.15, 0.2) is 0 Å². The molecule has 3 nitrogen and oxygen atoms in total. The normalized spacial score (nSPS) is 27.2. The molecular weight excluding hydrogens is 291 g/mol. The van der Waals surface area contributed by atoms with Crippen LogP contribution in [0, 0.1) is 5.82 Å². The summed E-state index contributed by atoms with van der Waals surface area (Å²) in [5.74, 6) is 0.0444. The quantitative estimate of drug-likeness (QED) is 0.856. The van der Waals surface area contributed by atoms with Crippen LogP contribution in [0.15, 0.2) is 24.3 Å². The Morgan fingerprint density at radius 1 is 1.04 bits per heavy atom. The third-order valence-corrected chi connectivity index (χ3v) is 6.12. The highest BCUT2D eigenvalue weighted by atomic mass is 19.1. The molecule has 1 aliphatic carbocycles. The van der Waals surface area contributed by atoms with E-state index in [0.717, 1.165) is 44.3 Å². The number of hydrogen-bond donors (Lipinski definition) is 0. The van der Waals surface area contributed by atoms with E-state index in [1.165, 1.54) is 38.1 Å². The number of nitrogens with zero attached hydrogens (tertiary/aromatic N) is 2. The summed E-state index contributed by atoms with van der Waals surface area (Å²) in [5, 5.41) is 0. The molecule has 23 heavy (non-hydrogen) atoms. The van der Waals surface area contributed by atoms with E-state index in [1.807, 2.05) is 0 Å². The van der Waals surface area contributed by atoms with E-state index in [4.69, 9.17) is 0 Å². The number of rotatable bonds is 3. The van der Waals surface area contributed by atoms with Crippen LogP contribution in [-0.4, -0.2) is 47.9 Å². The third kappa shape index (κ3) is 2.57. The average Bonchev–Trinajstić information content (AvgIpc) is 3.19. The van der Waals surface area contributed by atoms with Crippen molar-refractivity contribution in [3.8, 4) is 0 Å². The van der Waals surface area contributed by atoms with Gasteiger partial charge < -0.3 is 4.90 Å². The number of amides is 1. The maximum Gasteiger partial charge on any atom is 0.233 e. The SMILES string of the molecule is O=C(N1CC[C@H](N2CCCC2)C1)C1(c2ccc(F)cc2)CCC1. The second-order valence-electron chi connectivity index (χ2n) is 7.38. The Morgan fingerprint density at radius 3 is 2.35 bits per heavy atom. The summed E-state index contributed by atoms with van der Waals surface area (Å²) in [7, 11) is 0. The number of carbonyl (C=O) groups excluding carboxylic acids is 1. The van der Waals surface area contributed by atoms with Gasteiger partial charge >= 0.3 is 0 Å². The van der Waals surface area contributed by atoms with Gasteiger partial charge in [0.2, 0.25) is 5.91 Å². The van der Waals surface area contributed by atoms with E-state index in [1.54, 1.807) is 12.1 Å². The number of carbonyl (C=O) groups is 1. The Bertz CT molecular complexity index is 576. The molecule has 2 heterocycles. The zero-order chi connectivity index (χ0) is 15.9. The van der Waals surface area contributed by atoms with Crippen molar-refractivity contribution in [1.82, 2.24) is 9.80 Å². The lowest BCUT2D eigenvalue weighted by atomic mass is 9.63. The van der Waals surface area contributed by atoms with Gasteiger partial charge in [0.05, 0.1) is 5.41 Å². The first-order chi connectivity index (χ1) is 11.2. The zero-order valence-corrected chi connectivity index (χ0v) is 13.6. The zero-order valence-electron chi connectivity index (χ0n) is 13.6. The lowest BCUT2D eigenvalue weighted by Gasteiger charge is -2.43. The Kier molecular flexibility index (Phi) is 3.88. The Labute approximate surface area is 137 Å². The van der Waals surface area contributed by atoms with Gasteiger partial charge in [0, 0.05) is 19.1 Å². The maximum atomic E-state index is 13.2. The fraction of sp³-hybridized carbons (Fsp3) is 0.632. The number of hydrogen-bond acceptors (Lipinski definition) is 2. The van der Waals surface area contributed by atoms with Gasteiger partial charge in [-0.2, -0.15) is 0 Å². The van der Waals surface area contributed by atoms with Gasteiger partial charge in [-0.1, -0.05) is 18.6 Å². The molecule has 0 spiro atoms. The highest BCUT2D eigenvalue weighted by Crippen LogP contribution is 2.45. The molecule has 1 atom stereocenters. The summed E-state index contributed by atoms with van der Waals surface area (Å²) in [6.45, 7) is 4.14. The molecule has 0 unspecified atom stereocenters. The third-order valence-electron chi connectivity index (χ3n) is 6.12. The fourth-order valence-electron chi connectivity index (χ4n) is 4.56. The second-order valence-corrected chi connectivity index (χ2v) is 7.38. The molecule has 4 heteroatoms. The van der Waals surface area contributed by atoms with Crippen molar-refractivity contribution >= 4 is 5.91 Å². The van der Waals surface area contributed by atoms with Crippen LogP contribution in [0.4, 0.5) is 4.39 Å². The molecular formula is C19H25FN2O. The molecule has 1 aromatic carbocycles. The summed E-state index contributed by atoms with van der Waals surface area (Å²) in [6, 6.07) is 7.13. The minimum absolute atomic E-state index is 0.231. The maximum absolute atomic E-state index is 13.2. The molecule has 1 saturated carbocycles. The molecule has 1 aromatic rings. The summed E-state index contributed by atoms with van der Waals surface area (Å²) >= 11 is 0. The highest BCUT2D eigenvalue weighted by molar-refractivity contribution is 5.89. The monoisotopic (exact) mass is 316 g/mol. The van der Waals surface area contributed by atoms with E-state index in [-0.39, 0.29) is 17.1 Å². The van der Waals surface area contributed by atoms with Crippen molar-refractivity contribution in [1.29, 1.82) is 0 Å². The van der Waals surface area contributed by atoms with Crippen LogP contribution in [0.25, 0.3) is 0 Å². The van der Waals surface area contributed by atoms with Gasteiger partial charge in [0.1, 0.15) is 5.82 Å². The van der Waals surface area contributed by atoms with Crippen LogP contribution in [-0.2, 0) is 10.2 Å². The summed E-state index contributed by atoms with van der Waals surface area (Å²) < 4.78 is 13.2. The molecule has 3 fully saturated rings. The smallest absolute Gasteiger partial charge is 0.233 e. The predicted octanol–water partition coefficient (Wildman–Crippen LogP) is 2.94. The van der Waals surface area contributed by atoms with Crippen LogP contribution in [0.5, 0.6) is 0 Å². The first-order valence-corrected chi connectivity index (χ1v) is 8.98. The van der Waals surface area contributed by atoms with Crippen LogP contribution >= 0.6 is 0 Å². The standard InChI is InChI=1S/C19H25FN2O/c20-16-6-4-15(5-7-16)19(9-3-10-19)18(23)22-13-8-17(14-22)21-11-1-2-12-21/h4-7,17H,1-3,8-14H2/t17-/m0/s1. The van der Waals surface area contributed by atoms with Crippen molar-refractivity contribution in [3.05, 3.63) is 35.6 Å². The van der Waals surface area contributed by atoms with Crippen molar-refractivity contribution in [2.75, 3.05) is 26.2 Å². The van der Waals surface area contributed by atoms with Gasteiger partial charge in [-0.15, -0.1) is 0 Å². The largest absolute Gasteiger partial charge is 0.340 e. The van der Waals surface area contributed by atoms with Crippen molar-refractivity contribution in [2.24, 2.45) is 0 Å². The molecule has 1 amide bonds. The van der Waals surface area contributed by atoms with Crippen molar-refractivity contribution in [3.63, 3.8) is 0 Å². The van der Waals surface area contributed by atoms with Crippen LogP contribution in [0.3, 0.4) is 0 Å². The molecule has 0 radical (unpaired) electrons. The van der Waals surface area contributed by atoms with E-state index in [9.17, 15) is 9.18 Å². The topological polar surface area (TPSA) is 23.6 Å². The van der Waals surface area contributed by atoms with E-state index < -0.39 is 0 Å².